The third-order valence-corrected chi connectivity index (χ3v) is 8.94. The molecule has 0 saturated heterocycles. The molecular formula is C30H36Cl2N4O4S. The Bertz CT molecular complexity index is 1400. The van der Waals surface area contributed by atoms with E-state index in [0.29, 0.717) is 27.8 Å². The van der Waals surface area contributed by atoms with Crippen molar-refractivity contribution in [3.63, 3.8) is 0 Å². The number of rotatable bonds is 13. The zero-order valence-electron chi connectivity index (χ0n) is 23.6. The van der Waals surface area contributed by atoms with E-state index in [4.69, 9.17) is 23.2 Å². The van der Waals surface area contributed by atoms with Crippen molar-refractivity contribution < 1.29 is 18.0 Å². The van der Waals surface area contributed by atoms with Crippen LogP contribution in [0.15, 0.2) is 78.9 Å². The van der Waals surface area contributed by atoms with Gasteiger partial charge in [-0.2, -0.15) is 12.7 Å². The van der Waals surface area contributed by atoms with E-state index in [-0.39, 0.29) is 24.8 Å². The second-order valence-corrected chi connectivity index (χ2v) is 13.1. The normalized spacial score (nSPS) is 12.3. The number of carbonyl (C=O) groups is 2. The van der Waals surface area contributed by atoms with Crippen molar-refractivity contribution in [2.24, 2.45) is 5.92 Å². The largest absolute Gasteiger partial charge is 0.354 e. The predicted octanol–water partition coefficient (Wildman–Crippen LogP) is 5.02. The molecule has 0 saturated carbocycles. The van der Waals surface area contributed by atoms with Gasteiger partial charge in [-0.3, -0.25) is 9.59 Å². The van der Waals surface area contributed by atoms with Crippen molar-refractivity contribution in [2.45, 2.75) is 32.9 Å². The number of amides is 2. The number of hydrogen-bond donors (Lipinski definition) is 1. The number of nitrogens with zero attached hydrogens (tertiary/aromatic N) is 3. The van der Waals surface area contributed by atoms with Gasteiger partial charge in [-0.05, 0) is 35.7 Å². The zero-order valence-corrected chi connectivity index (χ0v) is 26.0. The van der Waals surface area contributed by atoms with Gasteiger partial charge in [0.2, 0.25) is 11.8 Å². The summed E-state index contributed by atoms with van der Waals surface area (Å²) >= 11 is 13.0. The SMILES string of the molecule is CC(C)CNC(=O)[C@@H](Cc1ccccc1)N(Cc1c(Cl)cccc1Cl)C(=O)CN(c1ccccc1)S(=O)(=O)N(C)C. The first kappa shape index (κ1) is 32.4. The first-order valence-corrected chi connectivity index (χ1v) is 15.4. The van der Waals surface area contributed by atoms with E-state index in [1.165, 1.54) is 19.0 Å². The van der Waals surface area contributed by atoms with Gasteiger partial charge in [-0.25, -0.2) is 4.31 Å². The minimum absolute atomic E-state index is 0.103. The van der Waals surface area contributed by atoms with Gasteiger partial charge in [-0.15, -0.1) is 0 Å². The molecule has 1 atom stereocenters. The Morgan fingerprint density at radius 1 is 0.854 bits per heavy atom. The van der Waals surface area contributed by atoms with Gasteiger partial charge in [0, 0.05) is 49.2 Å². The van der Waals surface area contributed by atoms with Gasteiger partial charge >= 0.3 is 10.2 Å². The van der Waals surface area contributed by atoms with Crippen molar-refractivity contribution in [3.05, 3.63) is 100 Å². The van der Waals surface area contributed by atoms with Crippen LogP contribution in [0.1, 0.15) is 25.0 Å². The van der Waals surface area contributed by atoms with Crippen LogP contribution in [0.4, 0.5) is 5.69 Å². The Balaban J connectivity index is 2.11. The number of para-hydroxylation sites is 1. The van der Waals surface area contributed by atoms with Crippen LogP contribution in [0, 0.1) is 5.92 Å². The van der Waals surface area contributed by atoms with Gasteiger partial charge in [0.25, 0.3) is 0 Å². The smallest absolute Gasteiger partial charge is 0.304 e. The molecule has 0 aromatic heterocycles. The quantitative estimate of drug-likeness (QED) is 0.291. The average molecular weight is 620 g/mol. The van der Waals surface area contributed by atoms with E-state index in [9.17, 15) is 18.0 Å². The molecule has 41 heavy (non-hydrogen) atoms. The van der Waals surface area contributed by atoms with Crippen LogP contribution in [0.5, 0.6) is 0 Å². The second kappa shape index (κ2) is 14.7. The molecule has 11 heteroatoms. The highest BCUT2D eigenvalue weighted by Gasteiger charge is 2.35. The average Bonchev–Trinajstić information content (AvgIpc) is 2.94. The molecule has 220 valence electrons. The predicted molar refractivity (Wildman–Crippen MR) is 165 cm³/mol. The molecule has 1 N–H and O–H groups in total. The van der Waals surface area contributed by atoms with Crippen molar-refractivity contribution in [1.82, 2.24) is 14.5 Å². The van der Waals surface area contributed by atoms with Gasteiger partial charge in [0.05, 0.1) is 5.69 Å². The van der Waals surface area contributed by atoms with Crippen molar-refractivity contribution in [2.75, 3.05) is 31.5 Å². The molecule has 0 aliphatic heterocycles. The number of hydrogen-bond acceptors (Lipinski definition) is 4. The van der Waals surface area contributed by atoms with E-state index in [1.54, 1.807) is 48.5 Å². The number of halogens is 2. The van der Waals surface area contributed by atoms with E-state index in [1.807, 2.05) is 44.2 Å². The minimum Gasteiger partial charge on any atom is -0.354 e. The molecule has 0 aliphatic rings. The Hall–Kier alpha value is -3.11. The van der Waals surface area contributed by atoms with E-state index in [2.05, 4.69) is 5.32 Å². The maximum Gasteiger partial charge on any atom is 0.304 e. The topological polar surface area (TPSA) is 90.0 Å². The molecule has 0 heterocycles. The summed E-state index contributed by atoms with van der Waals surface area (Å²) < 4.78 is 28.8. The summed E-state index contributed by atoms with van der Waals surface area (Å²) in [4.78, 5) is 29.3. The van der Waals surface area contributed by atoms with Crippen molar-refractivity contribution >= 4 is 50.9 Å². The highest BCUT2D eigenvalue weighted by Crippen LogP contribution is 2.28. The third-order valence-electron chi connectivity index (χ3n) is 6.41. The van der Waals surface area contributed by atoms with Crippen LogP contribution >= 0.6 is 23.2 Å². The van der Waals surface area contributed by atoms with Crippen LogP contribution in [0.2, 0.25) is 10.0 Å². The molecule has 0 aliphatic carbocycles. The molecule has 0 bridgehead atoms. The molecule has 8 nitrogen and oxygen atoms in total. The Morgan fingerprint density at radius 3 is 1.95 bits per heavy atom. The molecule has 0 unspecified atom stereocenters. The van der Waals surface area contributed by atoms with Gasteiger partial charge in [-0.1, -0.05) is 91.6 Å². The lowest BCUT2D eigenvalue weighted by Gasteiger charge is -2.34. The standard InChI is InChI=1S/C30H36Cl2N4O4S/c1-22(2)19-33-30(38)28(18-23-12-7-5-8-13-23)35(20-25-26(31)16-11-17-27(25)32)29(37)21-36(41(39,40)34(3)4)24-14-9-6-10-15-24/h5-17,22,28H,18-21H2,1-4H3,(H,33,38)/t28-/m1/s1. The maximum atomic E-state index is 14.2. The lowest BCUT2D eigenvalue weighted by Crippen LogP contribution is -2.54. The summed E-state index contributed by atoms with van der Waals surface area (Å²) in [6, 6.07) is 21.7. The number of nitrogens with one attached hydrogen (secondary N) is 1. The molecular weight excluding hydrogens is 583 g/mol. The molecule has 3 rings (SSSR count). The van der Waals surface area contributed by atoms with E-state index >= 15 is 0 Å². The van der Waals surface area contributed by atoms with Crippen molar-refractivity contribution in [1.29, 1.82) is 0 Å². The minimum atomic E-state index is -4.07. The number of benzene rings is 3. The Morgan fingerprint density at radius 2 is 1.41 bits per heavy atom. The number of carbonyl (C=O) groups excluding carboxylic acids is 2. The third kappa shape index (κ3) is 8.69. The highest BCUT2D eigenvalue weighted by atomic mass is 35.5. The molecule has 0 fully saturated rings. The summed E-state index contributed by atoms with van der Waals surface area (Å²) in [5, 5.41) is 3.61. The fourth-order valence-corrected chi connectivity index (χ4v) is 5.71. The molecule has 2 amide bonds. The van der Waals surface area contributed by atoms with Crippen molar-refractivity contribution in [3.8, 4) is 0 Å². The monoisotopic (exact) mass is 618 g/mol. The van der Waals surface area contributed by atoms with Gasteiger partial charge in [0.15, 0.2) is 0 Å². The fourth-order valence-electron chi connectivity index (χ4n) is 4.14. The zero-order chi connectivity index (χ0) is 30.2. The van der Waals surface area contributed by atoms with Crippen LogP contribution in [-0.4, -0.2) is 62.7 Å². The molecule has 0 spiro atoms. The summed E-state index contributed by atoms with van der Waals surface area (Å²) in [6.07, 6.45) is 0.199. The van der Waals surface area contributed by atoms with Crippen LogP contribution in [0.3, 0.4) is 0 Å². The lowest BCUT2D eigenvalue weighted by molar-refractivity contribution is -0.140. The Kier molecular flexibility index (Phi) is 11.6. The maximum absolute atomic E-state index is 14.2. The molecule has 3 aromatic carbocycles. The fraction of sp³-hybridized carbons (Fsp3) is 0.333. The Labute approximate surface area is 253 Å². The highest BCUT2D eigenvalue weighted by molar-refractivity contribution is 7.90. The van der Waals surface area contributed by atoms with Crippen LogP contribution < -0.4 is 9.62 Å². The number of anilines is 1. The molecule has 0 radical (unpaired) electrons. The summed E-state index contributed by atoms with van der Waals surface area (Å²) in [6.45, 7) is 3.71. The second-order valence-electron chi connectivity index (χ2n) is 10.2. The van der Waals surface area contributed by atoms with Gasteiger partial charge < -0.3 is 10.2 Å². The summed E-state index contributed by atoms with van der Waals surface area (Å²) in [7, 11) is -1.27. The van der Waals surface area contributed by atoms with E-state index < -0.39 is 28.7 Å². The van der Waals surface area contributed by atoms with Crippen LogP contribution in [-0.2, 0) is 32.8 Å². The first-order chi connectivity index (χ1) is 19.4. The molecule has 3 aromatic rings. The van der Waals surface area contributed by atoms with Crippen LogP contribution in [0.25, 0.3) is 0 Å². The van der Waals surface area contributed by atoms with E-state index in [0.717, 1.165) is 14.2 Å². The summed E-state index contributed by atoms with van der Waals surface area (Å²) in [5.74, 6) is -0.769. The van der Waals surface area contributed by atoms with Gasteiger partial charge in [0.1, 0.15) is 12.6 Å². The lowest BCUT2D eigenvalue weighted by atomic mass is 10.0. The first-order valence-electron chi connectivity index (χ1n) is 13.2. The summed E-state index contributed by atoms with van der Waals surface area (Å²) in [5.41, 5.74) is 1.61.